The third kappa shape index (κ3) is 4.97. The van der Waals surface area contributed by atoms with E-state index in [1.807, 2.05) is 91.9 Å². The molecule has 0 saturated carbocycles. The Balaban J connectivity index is 1.51. The van der Waals surface area contributed by atoms with Crippen LogP contribution in [0, 0.1) is 0 Å². The normalized spacial score (nSPS) is 11.8. The molecule has 0 aliphatic rings. The zero-order valence-electron chi connectivity index (χ0n) is 17.8. The standard InChI is InChI=1S/C24H23N5O2S/c1-17(32-24-26-27-28-29(24)20-13-15-21(31-2)16-14-20)23(30)25-22(18-9-5-3-6-10-18)19-11-7-4-8-12-19/h3-17,22H,1-2H3,(H,25,30). The quantitative estimate of drug-likeness (QED) is 0.412. The summed E-state index contributed by atoms with van der Waals surface area (Å²) in [6, 6.07) is 27.0. The Labute approximate surface area is 190 Å². The number of thioether (sulfide) groups is 1. The maximum atomic E-state index is 13.1. The molecule has 0 aliphatic carbocycles. The SMILES string of the molecule is COc1ccc(-n2nnnc2SC(C)C(=O)NC(c2ccccc2)c2ccccc2)cc1. The molecule has 0 aliphatic heterocycles. The molecule has 1 N–H and O–H groups in total. The summed E-state index contributed by atoms with van der Waals surface area (Å²) >= 11 is 1.31. The molecule has 0 saturated heterocycles. The summed E-state index contributed by atoms with van der Waals surface area (Å²) in [5.74, 6) is 0.647. The van der Waals surface area contributed by atoms with Crippen LogP contribution in [0.4, 0.5) is 0 Å². The Kier molecular flexibility index (Phi) is 6.81. The van der Waals surface area contributed by atoms with Crippen molar-refractivity contribution in [3.05, 3.63) is 96.1 Å². The molecule has 1 aromatic heterocycles. The van der Waals surface area contributed by atoms with Gasteiger partial charge in [-0.2, -0.15) is 4.68 Å². The number of carbonyl (C=O) groups is 1. The van der Waals surface area contributed by atoms with Gasteiger partial charge in [-0.3, -0.25) is 4.79 Å². The summed E-state index contributed by atoms with van der Waals surface area (Å²) in [4.78, 5) is 13.1. The van der Waals surface area contributed by atoms with E-state index < -0.39 is 5.25 Å². The molecule has 0 bridgehead atoms. The van der Waals surface area contributed by atoms with Crippen LogP contribution >= 0.6 is 11.8 Å². The summed E-state index contributed by atoms with van der Waals surface area (Å²) < 4.78 is 6.81. The Morgan fingerprint density at radius 2 is 1.53 bits per heavy atom. The molecule has 3 aromatic carbocycles. The lowest BCUT2D eigenvalue weighted by Gasteiger charge is -2.22. The molecule has 0 fully saturated rings. The number of amides is 1. The number of benzene rings is 3. The number of aromatic nitrogens is 4. The van der Waals surface area contributed by atoms with Gasteiger partial charge in [0, 0.05) is 0 Å². The second kappa shape index (κ2) is 10.1. The number of tetrazole rings is 1. The fraction of sp³-hybridized carbons (Fsp3) is 0.167. The van der Waals surface area contributed by atoms with Gasteiger partial charge in [0.2, 0.25) is 11.1 Å². The summed E-state index contributed by atoms with van der Waals surface area (Å²) in [6.07, 6.45) is 0. The maximum absolute atomic E-state index is 13.1. The minimum Gasteiger partial charge on any atom is -0.497 e. The molecule has 7 nitrogen and oxygen atoms in total. The van der Waals surface area contributed by atoms with Gasteiger partial charge in [0.15, 0.2) is 0 Å². The lowest BCUT2D eigenvalue weighted by molar-refractivity contribution is -0.120. The smallest absolute Gasteiger partial charge is 0.234 e. The fourth-order valence-electron chi connectivity index (χ4n) is 3.26. The summed E-state index contributed by atoms with van der Waals surface area (Å²) in [5, 5.41) is 15.3. The lowest BCUT2D eigenvalue weighted by atomic mass is 9.98. The molecule has 4 rings (SSSR count). The van der Waals surface area contributed by atoms with E-state index in [9.17, 15) is 4.79 Å². The first kappa shape index (κ1) is 21.6. The van der Waals surface area contributed by atoms with Crippen LogP contribution < -0.4 is 10.1 Å². The molecular formula is C24H23N5O2S. The van der Waals surface area contributed by atoms with Crippen LogP contribution in [0.1, 0.15) is 24.1 Å². The van der Waals surface area contributed by atoms with Crippen LogP contribution in [-0.2, 0) is 4.79 Å². The Bertz CT molecular complexity index is 1110. The number of hydrogen-bond acceptors (Lipinski definition) is 6. The average Bonchev–Trinajstić information content (AvgIpc) is 3.31. The van der Waals surface area contributed by atoms with Gasteiger partial charge in [-0.1, -0.05) is 72.4 Å². The fourth-order valence-corrected chi connectivity index (χ4v) is 4.08. The Hall–Kier alpha value is -3.65. The highest BCUT2D eigenvalue weighted by Gasteiger charge is 2.23. The van der Waals surface area contributed by atoms with E-state index in [-0.39, 0.29) is 11.9 Å². The van der Waals surface area contributed by atoms with Crippen molar-refractivity contribution in [2.75, 3.05) is 7.11 Å². The Morgan fingerprint density at radius 1 is 0.938 bits per heavy atom. The van der Waals surface area contributed by atoms with Gasteiger partial charge in [-0.15, -0.1) is 5.10 Å². The molecule has 32 heavy (non-hydrogen) atoms. The second-order valence-corrected chi connectivity index (χ2v) is 8.40. The van der Waals surface area contributed by atoms with Gasteiger partial charge in [-0.25, -0.2) is 0 Å². The van der Waals surface area contributed by atoms with Crippen molar-refractivity contribution in [1.29, 1.82) is 0 Å². The summed E-state index contributed by atoms with van der Waals surface area (Å²) in [5.41, 5.74) is 2.83. The van der Waals surface area contributed by atoms with Gasteiger partial charge in [0.05, 0.1) is 24.1 Å². The van der Waals surface area contributed by atoms with E-state index in [0.29, 0.717) is 5.16 Å². The van der Waals surface area contributed by atoms with E-state index in [1.54, 1.807) is 11.8 Å². The predicted molar refractivity (Wildman–Crippen MR) is 124 cm³/mol. The first-order valence-electron chi connectivity index (χ1n) is 10.2. The number of hydrogen-bond donors (Lipinski definition) is 1. The van der Waals surface area contributed by atoms with Crippen LogP contribution in [-0.4, -0.2) is 38.5 Å². The van der Waals surface area contributed by atoms with Crippen molar-refractivity contribution in [2.45, 2.75) is 23.4 Å². The molecule has 8 heteroatoms. The highest BCUT2D eigenvalue weighted by atomic mass is 32.2. The van der Waals surface area contributed by atoms with Gasteiger partial charge in [0.1, 0.15) is 5.75 Å². The van der Waals surface area contributed by atoms with Crippen molar-refractivity contribution in [2.24, 2.45) is 0 Å². The van der Waals surface area contributed by atoms with E-state index in [0.717, 1.165) is 22.6 Å². The van der Waals surface area contributed by atoms with Gasteiger partial charge >= 0.3 is 0 Å². The topological polar surface area (TPSA) is 81.9 Å². The molecule has 0 radical (unpaired) electrons. The third-order valence-corrected chi connectivity index (χ3v) is 5.99. The minimum absolute atomic E-state index is 0.100. The van der Waals surface area contributed by atoms with Crippen LogP contribution in [0.5, 0.6) is 5.75 Å². The third-order valence-electron chi connectivity index (χ3n) is 4.96. The van der Waals surface area contributed by atoms with Gasteiger partial charge in [-0.05, 0) is 52.7 Å². The molecular weight excluding hydrogens is 422 g/mol. The van der Waals surface area contributed by atoms with Gasteiger partial charge in [0.25, 0.3) is 0 Å². The Morgan fingerprint density at radius 3 is 2.09 bits per heavy atom. The molecule has 1 heterocycles. The van der Waals surface area contributed by atoms with Crippen LogP contribution in [0.25, 0.3) is 5.69 Å². The zero-order valence-corrected chi connectivity index (χ0v) is 18.6. The van der Waals surface area contributed by atoms with E-state index in [1.165, 1.54) is 11.8 Å². The molecule has 0 spiro atoms. The van der Waals surface area contributed by atoms with E-state index in [2.05, 4.69) is 20.8 Å². The molecule has 162 valence electrons. The van der Waals surface area contributed by atoms with Crippen LogP contribution in [0.2, 0.25) is 0 Å². The first-order chi connectivity index (χ1) is 15.7. The largest absolute Gasteiger partial charge is 0.497 e. The number of nitrogens with zero attached hydrogens (tertiary/aromatic N) is 4. The van der Waals surface area contributed by atoms with Crippen molar-refractivity contribution < 1.29 is 9.53 Å². The van der Waals surface area contributed by atoms with Crippen molar-refractivity contribution in [1.82, 2.24) is 25.5 Å². The zero-order chi connectivity index (χ0) is 22.3. The second-order valence-electron chi connectivity index (χ2n) is 7.09. The number of methoxy groups -OCH3 is 1. The van der Waals surface area contributed by atoms with E-state index >= 15 is 0 Å². The van der Waals surface area contributed by atoms with Crippen molar-refractivity contribution in [3.8, 4) is 11.4 Å². The van der Waals surface area contributed by atoms with Crippen molar-refractivity contribution in [3.63, 3.8) is 0 Å². The number of nitrogens with one attached hydrogen (secondary N) is 1. The van der Waals surface area contributed by atoms with Crippen LogP contribution in [0.3, 0.4) is 0 Å². The maximum Gasteiger partial charge on any atom is 0.234 e. The highest BCUT2D eigenvalue weighted by molar-refractivity contribution is 8.00. The van der Waals surface area contributed by atoms with Crippen molar-refractivity contribution >= 4 is 17.7 Å². The van der Waals surface area contributed by atoms with Gasteiger partial charge < -0.3 is 10.1 Å². The lowest BCUT2D eigenvalue weighted by Crippen LogP contribution is -2.35. The molecule has 4 aromatic rings. The molecule has 1 unspecified atom stereocenters. The first-order valence-corrected chi connectivity index (χ1v) is 11.0. The number of carbonyl (C=O) groups excluding carboxylic acids is 1. The number of rotatable bonds is 8. The molecule has 1 amide bonds. The number of ether oxygens (including phenoxy) is 1. The monoisotopic (exact) mass is 445 g/mol. The molecule has 1 atom stereocenters. The summed E-state index contributed by atoms with van der Waals surface area (Å²) in [7, 11) is 1.62. The van der Waals surface area contributed by atoms with E-state index in [4.69, 9.17) is 4.74 Å². The highest BCUT2D eigenvalue weighted by Crippen LogP contribution is 2.26. The average molecular weight is 446 g/mol. The minimum atomic E-state index is -0.409. The summed E-state index contributed by atoms with van der Waals surface area (Å²) in [6.45, 7) is 1.85. The predicted octanol–water partition coefficient (Wildman–Crippen LogP) is 4.06. The van der Waals surface area contributed by atoms with Crippen LogP contribution in [0.15, 0.2) is 90.1 Å².